The predicted molar refractivity (Wildman–Crippen MR) is 140 cm³/mol. The quantitative estimate of drug-likeness (QED) is 0.359. The lowest BCUT2D eigenvalue weighted by Gasteiger charge is -2.35. The lowest BCUT2D eigenvalue weighted by Crippen LogP contribution is -2.48. The monoisotopic (exact) mass is 510 g/mol. The van der Waals surface area contributed by atoms with Gasteiger partial charge in [0.25, 0.3) is 0 Å². The van der Waals surface area contributed by atoms with Gasteiger partial charge in [0.1, 0.15) is 11.5 Å². The van der Waals surface area contributed by atoms with Crippen molar-refractivity contribution in [2.75, 3.05) is 25.0 Å². The number of carbonyl (C=O) groups excluding carboxylic acids is 2. The van der Waals surface area contributed by atoms with Crippen LogP contribution in [0.2, 0.25) is 0 Å². The van der Waals surface area contributed by atoms with Crippen molar-refractivity contribution in [1.29, 1.82) is 0 Å². The molecule has 200 valence electrons. The molecule has 2 aromatic rings. The van der Waals surface area contributed by atoms with Crippen LogP contribution < -0.4 is 10.1 Å². The van der Waals surface area contributed by atoms with Crippen LogP contribution in [-0.2, 0) is 25.5 Å². The molecule has 0 unspecified atom stereocenters. The second-order valence-corrected chi connectivity index (χ2v) is 10.2. The van der Waals surface area contributed by atoms with Crippen molar-refractivity contribution < 1.29 is 28.9 Å². The second-order valence-electron chi connectivity index (χ2n) is 10.2. The van der Waals surface area contributed by atoms with Crippen LogP contribution in [0.25, 0.3) is 0 Å². The Hall–Kier alpha value is -3.26. The molecule has 2 aliphatic rings. The first-order chi connectivity index (χ1) is 17.7. The summed E-state index contributed by atoms with van der Waals surface area (Å²) >= 11 is 0. The summed E-state index contributed by atoms with van der Waals surface area (Å²) in [6.45, 7) is 7.20. The highest BCUT2D eigenvalue weighted by molar-refractivity contribution is 5.87. The first kappa shape index (κ1) is 26.8. The molecule has 0 aromatic heterocycles. The number of phenols is 1. The fraction of sp³-hybridized carbons (Fsp3) is 0.517. The number of nitrogens with one attached hydrogen (secondary N) is 1. The lowest BCUT2D eigenvalue weighted by molar-refractivity contribution is -0.163. The number of cyclic esters (lactones) is 1. The van der Waals surface area contributed by atoms with E-state index in [-0.39, 0.29) is 17.7 Å². The summed E-state index contributed by atoms with van der Waals surface area (Å²) in [7, 11) is 0. The molecule has 2 heterocycles. The SMILES string of the molecule is CCOc1ccc(CCC[C@@H](C(=O)N2CCC(Nc3ccc(O)cc3)CC2)[C@@H]2OC(C)(C)OC2=O)cc1. The van der Waals surface area contributed by atoms with E-state index < -0.39 is 23.8 Å². The van der Waals surface area contributed by atoms with E-state index in [0.717, 1.165) is 42.7 Å². The van der Waals surface area contributed by atoms with Crippen molar-refractivity contribution in [2.24, 2.45) is 5.92 Å². The Kier molecular flexibility index (Phi) is 8.59. The maximum atomic E-state index is 13.7. The zero-order valence-electron chi connectivity index (χ0n) is 21.9. The number of hydrogen-bond acceptors (Lipinski definition) is 7. The standard InChI is InChI=1S/C29H38N2O6/c1-4-35-24-14-8-20(9-15-24)6-5-7-25(26-28(34)37-29(2,3)36-26)27(33)31-18-16-22(17-19-31)30-21-10-12-23(32)13-11-21/h8-15,22,25-26,30,32H,4-7,16-19H2,1-3H3/t25-,26+/m1/s1. The van der Waals surface area contributed by atoms with Crippen LogP contribution in [0.15, 0.2) is 48.5 Å². The molecule has 2 aliphatic heterocycles. The molecule has 0 saturated carbocycles. The first-order valence-electron chi connectivity index (χ1n) is 13.2. The number of nitrogens with zero attached hydrogens (tertiary/aromatic N) is 1. The number of carbonyl (C=O) groups is 2. The molecular formula is C29H38N2O6. The van der Waals surface area contributed by atoms with Crippen LogP contribution in [-0.4, -0.2) is 59.5 Å². The number of ether oxygens (including phenoxy) is 3. The number of piperidine rings is 1. The van der Waals surface area contributed by atoms with E-state index in [0.29, 0.717) is 26.1 Å². The van der Waals surface area contributed by atoms with Gasteiger partial charge in [-0.3, -0.25) is 4.79 Å². The van der Waals surface area contributed by atoms with Crippen molar-refractivity contribution in [3.63, 3.8) is 0 Å². The maximum absolute atomic E-state index is 13.7. The van der Waals surface area contributed by atoms with Crippen LogP contribution in [0.4, 0.5) is 5.69 Å². The average molecular weight is 511 g/mol. The summed E-state index contributed by atoms with van der Waals surface area (Å²) in [6, 6.07) is 15.2. The highest BCUT2D eigenvalue weighted by Gasteiger charge is 2.48. The number of likely N-dealkylation sites (tertiary alicyclic amines) is 1. The van der Waals surface area contributed by atoms with Gasteiger partial charge < -0.3 is 29.5 Å². The maximum Gasteiger partial charge on any atom is 0.338 e. The number of aromatic hydroxyl groups is 1. The zero-order chi connectivity index (χ0) is 26.4. The van der Waals surface area contributed by atoms with Gasteiger partial charge in [-0.1, -0.05) is 12.1 Å². The van der Waals surface area contributed by atoms with Gasteiger partial charge >= 0.3 is 5.97 Å². The van der Waals surface area contributed by atoms with E-state index in [1.54, 1.807) is 26.0 Å². The Morgan fingerprint density at radius 1 is 1.14 bits per heavy atom. The van der Waals surface area contributed by atoms with E-state index in [1.807, 2.05) is 48.2 Å². The van der Waals surface area contributed by atoms with Gasteiger partial charge in [-0.25, -0.2) is 4.79 Å². The Bertz CT molecular complexity index is 1050. The molecule has 2 N–H and O–H groups in total. The average Bonchev–Trinajstić information content (AvgIpc) is 3.16. The smallest absolute Gasteiger partial charge is 0.338 e. The van der Waals surface area contributed by atoms with Crippen LogP contribution in [0.5, 0.6) is 11.5 Å². The minimum absolute atomic E-state index is 0.0468. The molecule has 0 spiro atoms. The predicted octanol–water partition coefficient (Wildman–Crippen LogP) is 4.51. The molecule has 4 rings (SSSR count). The Morgan fingerprint density at radius 2 is 1.81 bits per heavy atom. The molecule has 0 radical (unpaired) electrons. The molecule has 0 aliphatic carbocycles. The van der Waals surface area contributed by atoms with Crippen LogP contribution in [0.1, 0.15) is 52.0 Å². The fourth-order valence-corrected chi connectivity index (χ4v) is 5.05. The molecule has 2 aromatic carbocycles. The Balaban J connectivity index is 1.36. The van der Waals surface area contributed by atoms with Gasteiger partial charge in [0, 0.05) is 38.7 Å². The van der Waals surface area contributed by atoms with Crippen LogP contribution >= 0.6 is 0 Å². The summed E-state index contributed by atoms with van der Waals surface area (Å²) in [6.07, 6.45) is 2.78. The summed E-state index contributed by atoms with van der Waals surface area (Å²) in [4.78, 5) is 28.2. The number of amides is 1. The van der Waals surface area contributed by atoms with Crippen LogP contribution in [0, 0.1) is 5.92 Å². The number of anilines is 1. The minimum Gasteiger partial charge on any atom is -0.508 e. The van der Waals surface area contributed by atoms with E-state index in [4.69, 9.17) is 14.2 Å². The summed E-state index contributed by atoms with van der Waals surface area (Å²) in [5.41, 5.74) is 2.10. The Labute approximate surface area is 218 Å². The normalized spacial score (nSPS) is 20.4. The molecule has 1 amide bonds. The molecule has 8 nitrogen and oxygen atoms in total. The van der Waals surface area contributed by atoms with Gasteiger partial charge in [-0.2, -0.15) is 0 Å². The third kappa shape index (κ3) is 7.16. The van der Waals surface area contributed by atoms with Gasteiger partial charge in [0.05, 0.1) is 12.5 Å². The number of phenolic OH excluding ortho intramolecular Hbond substituents is 1. The van der Waals surface area contributed by atoms with Crippen molar-refractivity contribution >= 4 is 17.6 Å². The van der Waals surface area contributed by atoms with Crippen molar-refractivity contribution in [3.8, 4) is 11.5 Å². The van der Waals surface area contributed by atoms with Crippen molar-refractivity contribution in [1.82, 2.24) is 4.90 Å². The van der Waals surface area contributed by atoms with Gasteiger partial charge in [0.2, 0.25) is 11.7 Å². The lowest BCUT2D eigenvalue weighted by atomic mass is 9.91. The molecule has 37 heavy (non-hydrogen) atoms. The zero-order valence-corrected chi connectivity index (χ0v) is 21.9. The molecule has 0 bridgehead atoms. The van der Waals surface area contributed by atoms with E-state index in [2.05, 4.69) is 5.32 Å². The minimum atomic E-state index is -1.03. The molecular weight excluding hydrogens is 472 g/mol. The number of hydrogen-bond donors (Lipinski definition) is 2. The third-order valence-electron chi connectivity index (χ3n) is 6.93. The highest BCUT2D eigenvalue weighted by Crippen LogP contribution is 2.32. The summed E-state index contributed by atoms with van der Waals surface area (Å²) in [5, 5.41) is 13.0. The second kappa shape index (κ2) is 11.9. The first-order valence-corrected chi connectivity index (χ1v) is 13.2. The third-order valence-corrected chi connectivity index (χ3v) is 6.93. The highest BCUT2D eigenvalue weighted by atomic mass is 16.8. The fourth-order valence-electron chi connectivity index (χ4n) is 5.05. The van der Waals surface area contributed by atoms with E-state index >= 15 is 0 Å². The Morgan fingerprint density at radius 3 is 2.41 bits per heavy atom. The van der Waals surface area contributed by atoms with E-state index in [1.165, 1.54) is 0 Å². The summed E-state index contributed by atoms with van der Waals surface area (Å²) in [5.74, 6) is -1.06. The van der Waals surface area contributed by atoms with Crippen LogP contribution in [0.3, 0.4) is 0 Å². The number of aryl methyl sites for hydroxylation is 1. The number of benzene rings is 2. The summed E-state index contributed by atoms with van der Waals surface area (Å²) < 4.78 is 16.8. The van der Waals surface area contributed by atoms with Gasteiger partial charge in [-0.05, 0) is 81.0 Å². The van der Waals surface area contributed by atoms with Gasteiger partial charge in [0.15, 0.2) is 6.10 Å². The molecule has 8 heteroatoms. The topological polar surface area (TPSA) is 97.3 Å². The number of esters is 1. The van der Waals surface area contributed by atoms with Gasteiger partial charge in [-0.15, -0.1) is 0 Å². The van der Waals surface area contributed by atoms with Crippen molar-refractivity contribution in [3.05, 3.63) is 54.1 Å². The molecule has 2 atom stereocenters. The van der Waals surface area contributed by atoms with Crippen molar-refractivity contribution in [2.45, 2.75) is 70.8 Å². The molecule has 2 saturated heterocycles. The number of rotatable bonds is 10. The van der Waals surface area contributed by atoms with E-state index in [9.17, 15) is 14.7 Å². The largest absolute Gasteiger partial charge is 0.508 e. The molecule has 2 fully saturated rings.